The van der Waals surface area contributed by atoms with E-state index in [9.17, 15) is 9.90 Å². The van der Waals surface area contributed by atoms with Crippen molar-refractivity contribution in [2.75, 3.05) is 5.75 Å². The van der Waals surface area contributed by atoms with Crippen LogP contribution in [0.3, 0.4) is 0 Å². The van der Waals surface area contributed by atoms with Crippen molar-refractivity contribution in [1.82, 2.24) is 0 Å². The van der Waals surface area contributed by atoms with Gasteiger partial charge in [0.1, 0.15) is 0 Å². The Hall–Kier alpha value is -0.180. The molecule has 0 N–H and O–H groups in total. The Morgan fingerprint density at radius 1 is 1.57 bits per heavy atom. The number of carbonyl (C=O) groups is 1. The summed E-state index contributed by atoms with van der Waals surface area (Å²) in [5, 5.41) is 9.61. The predicted octanol–water partition coefficient (Wildman–Crippen LogP) is 0.653. The van der Waals surface area contributed by atoms with Gasteiger partial charge in [-0.2, -0.15) is 12.6 Å². The lowest BCUT2D eigenvalue weighted by Gasteiger charge is -1.82. The van der Waals surface area contributed by atoms with Crippen molar-refractivity contribution < 1.29 is 9.90 Å². The van der Waals surface area contributed by atoms with E-state index in [-0.39, 0.29) is 6.42 Å². The second kappa shape index (κ2) is 3.99. The molecule has 0 aliphatic rings. The van der Waals surface area contributed by atoms with E-state index in [1.807, 2.05) is 0 Å². The number of thiol groups is 1. The molecule has 7 heavy (non-hydrogen) atoms. The standard InChI is InChI=1S/C4H7O2S/c5-4(6)2-1-3-7/h7H,1-3H2. The number of rotatable bonds is 3. The quantitative estimate of drug-likeness (QED) is 0.544. The van der Waals surface area contributed by atoms with Crippen LogP contribution in [0.5, 0.6) is 0 Å². The van der Waals surface area contributed by atoms with Crippen molar-refractivity contribution in [2.24, 2.45) is 0 Å². The smallest absolute Gasteiger partial charge is 0.247 e. The molecule has 41 valence electrons. The average molecular weight is 119 g/mol. The van der Waals surface area contributed by atoms with Crippen LogP contribution in [0.15, 0.2) is 0 Å². The van der Waals surface area contributed by atoms with Crippen LogP contribution < -0.4 is 0 Å². The van der Waals surface area contributed by atoms with Gasteiger partial charge < -0.3 is 0 Å². The van der Waals surface area contributed by atoms with Gasteiger partial charge in [0.15, 0.2) is 0 Å². The maximum Gasteiger partial charge on any atom is 0.355 e. The first-order valence-electron chi connectivity index (χ1n) is 2.08. The highest BCUT2D eigenvalue weighted by molar-refractivity contribution is 7.80. The maximum absolute atomic E-state index is 9.61. The van der Waals surface area contributed by atoms with Crippen molar-refractivity contribution in [3.8, 4) is 0 Å². The largest absolute Gasteiger partial charge is 0.355 e. The minimum Gasteiger partial charge on any atom is -0.247 e. The summed E-state index contributed by atoms with van der Waals surface area (Å²) in [4.78, 5) is 9.61. The Kier molecular flexibility index (Phi) is 3.89. The highest BCUT2D eigenvalue weighted by atomic mass is 32.1. The molecule has 0 bridgehead atoms. The van der Waals surface area contributed by atoms with Crippen molar-refractivity contribution in [3.63, 3.8) is 0 Å². The topological polar surface area (TPSA) is 37.0 Å². The van der Waals surface area contributed by atoms with Crippen LogP contribution in [0, 0.1) is 0 Å². The Morgan fingerprint density at radius 3 is 2.29 bits per heavy atom. The predicted molar refractivity (Wildman–Crippen MR) is 28.8 cm³/mol. The highest BCUT2D eigenvalue weighted by Crippen LogP contribution is 1.89. The Morgan fingerprint density at radius 2 is 2.14 bits per heavy atom. The molecular weight excluding hydrogens is 112 g/mol. The number of hydrogen-bond donors (Lipinski definition) is 1. The third-order valence-electron chi connectivity index (χ3n) is 0.539. The summed E-state index contributed by atoms with van der Waals surface area (Å²) in [5.41, 5.74) is 0. The summed E-state index contributed by atoms with van der Waals surface area (Å²) in [6.07, 6.45) is 0.731. The van der Waals surface area contributed by atoms with E-state index >= 15 is 0 Å². The van der Waals surface area contributed by atoms with E-state index < -0.39 is 5.97 Å². The molecule has 0 saturated heterocycles. The summed E-state index contributed by atoms with van der Waals surface area (Å²) in [7, 11) is 0. The summed E-state index contributed by atoms with van der Waals surface area (Å²) >= 11 is 3.80. The molecule has 0 unspecified atom stereocenters. The molecular formula is C4H7O2S. The molecule has 0 rings (SSSR count). The van der Waals surface area contributed by atoms with Gasteiger partial charge in [-0.25, -0.2) is 9.90 Å². The second-order valence-electron chi connectivity index (χ2n) is 1.20. The van der Waals surface area contributed by atoms with Gasteiger partial charge in [0.2, 0.25) is 0 Å². The first kappa shape index (κ1) is 6.82. The molecule has 0 fully saturated rings. The van der Waals surface area contributed by atoms with Gasteiger partial charge in [-0.05, 0) is 12.2 Å². The molecule has 0 aliphatic carbocycles. The molecule has 2 nitrogen and oxygen atoms in total. The fourth-order valence-electron chi connectivity index (χ4n) is 0.223. The minimum atomic E-state index is -0.992. The summed E-state index contributed by atoms with van der Waals surface area (Å²) in [6.45, 7) is 0. The van der Waals surface area contributed by atoms with Crippen LogP contribution in [0.1, 0.15) is 12.8 Å². The zero-order valence-electron chi connectivity index (χ0n) is 3.89. The number of carbonyl (C=O) groups excluding carboxylic acids is 1. The molecule has 0 spiro atoms. The first-order chi connectivity index (χ1) is 3.27. The van der Waals surface area contributed by atoms with E-state index in [0.29, 0.717) is 12.2 Å². The summed E-state index contributed by atoms with van der Waals surface area (Å²) in [5.74, 6) is -0.373. The molecule has 0 atom stereocenters. The Bertz CT molecular complexity index is 62.7. The lowest BCUT2D eigenvalue weighted by Crippen LogP contribution is -1.91. The molecule has 0 aromatic rings. The third kappa shape index (κ3) is 5.82. The van der Waals surface area contributed by atoms with Crippen LogP contribution in [-0.4, -0.2) is 11.7 Å². The van der Waals surface area contributed by atoms with E-state index in [4.69, 9.17) is 0 Å². The molecule has 0 aliphatic heterocycles. The lowest BCUT2D eigenvalue weighted by atomic mass is 10.3. The summed E-state index contributed by atoms with van der Waals surface area (Å²) < 4.78 is 0. The van der Waals surface area contributed by atoms with Crippen molar-refractivity contribution in [3.05, 3.63) is 0 Å². The van der Waals surface area contributed by atoms with Crippen molar-refractivity contribution >= 4 is 18.6 Å². The third-order valence-corrected chi connectivity index (χ3v) is 0.855. The molecule has 0 amide bonds. The van der Waals surface area contributed by atoms with Gasteiger partial charge in [-0.1, -0.05) is 0 Å². The van der Waals surface area contributed by atoms with Gasteiger partial charge in [-0.15, -0.1) is 0 Å². The SMILES string of the molecule is [O]C(=O)CCCS. The lowest BCUT2D eigenvalue weighted by molar-refractivity contribution is -0.143. The van der Waals surface area contributed by atoms with Gasteiger partial charge in [0.05, 0.1) is 6.42 Å². The fraction of sp³-hybridized carbons (Fsp3) is 0.750. The van der Waals surface area contributed by atoms with Crippen LogP contribution in [0.2, 0.25) is 0 Å². The zero-order valence-corrected chi connectivity index (χ0v) is 4.78. The molecule has 0 saturated carbocycles. The highest BCUT2D eigenvalue weighted by Gasteiger charge is 1.94. The zero-order chi connectivity index (χ0) is 5.70. The average Bonchev–Trinajstić information content (AvgIpc) is 1.61. The fourth-order valence-corrected chi connectivity index (χ4v) is 0.382. The van der Waals surface area contributed by atoms with Crippen LogP contribution in [0.25, 0.3) is 0 Å². The van der Waals surface area contributed by atoms with Crippen LogP contribution in [0.4, 0.5) is 0 Å². The Labute approximate surface area is 47.9 Å². The van der Waals surface area contributed by atoms with Crippen molar-refractivity contribution in [2.45, 2.75) is 12.8 Å². The van der Waals surface area contributed by atoms with Crippen LogP contribution in [-0.2, 0) is 9.90 Å². The first-order valence-corrected chi connectivity index (χ1v) is 2.71. The molecule has 0 aromatic heterocycles. The normalized spacial score (nSPS) is 8.71. The minimum absolute atomic E-state index is 0.128. The number of hydrogen-bond acceptors (Lipinski definition) is 2. The van der Waals surface area contributed by atoms with Gasteiger partial charge in [0, 0.05) is 0 Å². The van der Waals surface area contributed by atoms with Crippen LogP contribution >= 0.6 is 12.6 Å². The Balaban J connectivity index is 2.82. The van der Waals surface area contributed by atoms with Gasteiger partial charge in [-0.3, -0.25) is 0 Å². The molecule has 0 aromatic carbocycles. The second-order valence-corrected chi connectivity index (χ2v) is 1.65. The molecule has 0 heterocycles. The van der Waals surface area contributed by atoms with E-state index in [2.05, 4.69) is 12.6 Å². The maximum atomic E-state index is 9.61. The molecule has 1 radical (unpaired) electrons. The van der Waals surface area contributed by atoms with Gasteiger partial charge >= 0.3 is 5.97 Å². The van der Waals surface area contributed by atoms with Gasteiger partial charge in [0.25, 0.3) is 0 Å². The summed E-state index contributed by atoms with van der Waals surface area (Å²) in [6, 6.07) is 0. The van der Waals surface area contributed by atoms with E-state index in [1.165, 1.54) is 0 Å². The van der Waals surface area contributed by atoms with E-state index in [0.717, 1.165) is 0 Å². The molecule has 3 heteroatoms. The van der Waals surface area contributed by atoms with Crippen molar-refractivity contribution in [1.29, 1.82) is 0 Å². The van der Waals surface area contributed by atoms with E-state index in [1.54, 1.807) is 0 Å². The monoisotopic (exact) mass is 119 g/mol.